The number of carbonyl (C=O) groups excluding carboxylic acids is 2. The van der Waals surface area contributed by atoms with E-state index >= 15 is 0 Å². The third-order valence-corrected chi connectivity index (χ3v) is 5.16. The number of hydrogen-bond acceptors (Lipinski definition) is 4. The summed E-state index contributed by atoms with van der Waals surface area (Å²) < 4.78 is 19.5. The SMILES string of the molecule is CCOC(=O)c1c(-c2ccc(Br)cc2)csc1NC(=O)c1cccc(F)c1. The Kier molecular flexibility index (Phi) is 6.03. The van der Waals surface area contributed by atoms with E-state index in [0.29, 0.717) is 10.6 Å². The molecule has 3 rings (SSSR count). The maximum absolute atomic E-state index is 13.4. The van der Waals surface area contributed by atoms with Crippen LogP contribution in [0.3, 0.4) is 0 Å². The Morgan fingerprint density at radius 1 is 1.19 bits per heavy atom. The van der Waals surface area contributed by atoms with Crippen molar-refractivity contribution in [2.75, 3.05) is 11.9 Å². The molecule has 0 saturated carbocycles. The van der Waals surface area contributed by atoms with Gasteiger partial charge < -0.3 is 10.1 Å². The lowest BCUT2D eigenvalue weighted by molar-refractivity contribution is 0.0529. The number of nitrogens with one attached hydrogen (secondary N) is 1. The molecule has 27 heavy (non-hydrogen) atoms. The van der Waals surface area contributed by atoms with Crippen LogP contribution in [0.25, 0.3) is 11.1 Å². The maximum Gasteiger partial charge on any atom is 0.341 e. The Morgan fingerprint density at radius 2 is 1.93 bits per heavy atom. The zero-order valence-corrected chi connectivity index (χ0v) is 16.7. The highest BCUT2D eigenvalue weighted by Crippen LogP contribution is 2.37. The summed E-state index contributed by atoms with van der Waals surface area (Å²) in [6, 6.07) is 12.8. The molecule has 0 bridgehead atoms. The van der Waals surface area contributed by atoms with Crippen LogP contribution in [0.5, 0.6) is 0 Å². The fraction of sp³-hybridized carbons (Fsp3) is 0.100. The molecule has 4 nitrogen and oxygen atoms in total. The van der Waals surface area contributed by atoms with Crippen LogP contribution in [0, 0.1) is 5.82 Å². The van der Waals surface area contributed by atoms with Crippen molar-refractivity contribution < 1.29 is 18.7 Å². The number of amides is 1. The zero-order valence-electron chi connectivity index (χ0n) is 14.3. The predicted molar refractivity (Wildman–Crippen MR) is 108 cm³/mol. The number of benzene rings is 2. The second kappa shape index (κ2) is 8.45. The molecule has 0 aliphatic rings. The fourth-order valence-electron chi connectivity index (χ4n) is 2.50. The lowest BCUT2D eigenvalue weighted by atomic mass is 10.0. The lowest BCUT2D eigenvalue weighted by Gasteiger charge is -2.09. The van der Waals surface area contributed by atoms with Gasteiger partial charge in [0.15, 0.2) is 0 Å². The molecule has 0 unspecified atom stereocenters. The molecule has 3 aromatic rings. The summed E-state index contributed by atoms with van der Waals surface area (Å²) in [5, 5.41) is 4.85. The molecule has 0 atom stereocenters. The van der Waals surface area contributed by atoms with Crippen molar-refractivity contribution in [2.24, 2.45) is 0 Å². The van der Waals surface area contributed by atoms with Crippen molar-refractivity contribution >= 4 is 44.1 Å². The van der Waals surface area contributed by atoms with E-state index in [1.807, 2.05) is 24.3 Å². The standard InChI is InChI=1S/C20H15BrFNO3S/c1-2-26-20(25)17-16(12-6-8-14(21)9-7-12)11-27-19(17)23-18(24)13-4-3-5-15(22)10-13/h3-11H,2H2,1H3,(H,23,24). The third-order valence-electron chi connectivity index (χ3n) is 3.74. The first kappa shape index (κ1) is 19.3. The van der Waals surface area contributed by atoms with Gasteiger partial charge in [-0.3, -0.25) is 4.79 Å². The summed E-state index contributed by atoms with van der Waals surface area (Å²) in [6.07, 6.45) is 0. The van der Waals surface area contributed by atoms with E-state index in [0.717, 1.165) is 16.1 Å². The number of thiophene rings is 1. The van der Waals surface area contributed by atoms with E-state index in [4.69, 9.17) is 4.74 Å². The third kappa shape index (κ3) is 4.43. The summed E-state index contributed by atoms with van der Waals surface area (Å²) in [6.45, 7) is 1.93. The van der Waals surface area contributed by atoms with E-state index < -0.39 is 17.7 Å². The molecule has 1 amide bonds. The smallest absolute Gasteiger partial charge is 0.341 e. The molecule has 0 saturated heterocycles. The molecule has 1 aromatic heterocycles. The number of rotatable bonds is 5. The van der Waals surface area contributed by atoms with E-state index in [2.05, 4.69) is 21.2 Å². The van der Waals surface area contributed by atoms with Gasteiger partial charge >= 0.3 is 5.97 Å². The van der Waals surface area contributed by atoms with Crippen molar-refractivity contribution in [2.45, 2.75) is 6.92 Å². The molecule has 1 N–H and O–H groups in total. The first-order chi connectivity index (χ1) is 13.0. The van der Waals surface area contributed by atoms with Crippen LogP contribution >= 0.6 is 27.3 Å². The van der Waals surface area contributed by atoms with Gasteiger partial charge in [0.05, 0.1) is 6.61 Å². The minimum atomic E-state index is -0.522. The van der Waals surface area contributed by atoms with E-state index in [1.165, 1.54) is 29.5 Å². The highest BCUT2D eigenvalue weighted by molar-refractivity contribution is 9.10. The Hall–Kier alpha value is -2.51. The van der Waals surface area contributed by atoms with Crippen LogP contribution in [-0.2, 0) is 4.74 Å². The van der Waals surface area contributed by atoms with E-state index in [1.54, 1.807) is 12.3 Å². The Balaban J connectivity index is 1.98. The Bertz CT molecular complexity index is 985. The van der Waals surface area contributed by atoms with Crippen LogP contribution in [0.1, 0.15) is 27.6 Å². The number of halogens is 2. The first-order valence-corrected chi connectivity index (χ1v) is 9.78. The van der Waals surface area contributed by atoms with E-state index in [-0.39, 0.29) is 17.7 Å². The van der Waals surface area contributed by atoms with Crippen LogP contribution in [0.15, 0.2) is 58.4 Å². The Morgan fingerprint density at radius 3 is 2.59 bits per heavy atom. The largest absolute Gasteiger partial charge is 0.462 e. The minimum Gasteiger partial charge on any atom is -0.462 e. The normalized spacial score (nSPS) is 10.5. The van der Waals surface area contributed by atoms with Crippen molar-refractivity contribution in [1.82, 2.24) is 0 Å². The molecule has 0 spiro atoms. The van der Waals surface area contributed by atoms with Gasteiger partial charge in [0.1, 0.15) is 16.4 Å². The first-order valence-electron chi connectivity index (χ1n) is 8.11. The van der Waals surface area contributed by atoms with E-state index in [9.17, 15) is 14.0 Å². The van der Waals surface area contributed by atoms with Crippen molar-refractivity contribution in [3.05, 3.63) is 75.3 Å². The molecular weight excluding hydrogens is 433 g/mol. The number of carbonyl (C=O) groups is 2. The second-order valence-corrected chi connectivity index (χ2v) is 7.34. The van der Waals surface area contributed by atoms with Gasteiger partial charge in [-0.15, -0.1) is 11.3 Å². The average Bonchev–Trinajstić information content (AvgIpc) is 3.06. The summed E-state index contributed by atoms with van der Waals surface area (Å²) in [5.74, 6) is -1.52. The summed E-state index contributed by atoms with van der Waals surface area (Å²) in [7, 11) is 0. The topological polar surface area (TPSA) is 55.4 Å². The molecule has 138 valence electrons. The molecular formula is C20H15BrFNO3S. The number of esters is 1. The molecule has 0 fully saturated rings. The molecule has 1 heterocycles. The molecule has 0 aliphatic heterocycles. The van der Waals surface area contributed by atoms with Gasteiger partial charge in [0.25, 0.3) is 5.91 Å². The quantitative estimate of drug-likeness (QED) is 0.506. The van der Waals surface area contributed by atoms with Gasteiger partial charge in [-0.25, -0.2) is 9.18 Å². The van der Waals surface area contributed by atoms with Crippen LogP contribution in [0.4, 0.5) is 9.39 Å². The number of ether oxygens (including phenoxy) is 1. The van der Waals surface area contributed by atoms with Gasteiger partial charge in [-0.05, 0) is 42.8 Å². The molecule has 7 heteroatoms. The highest BCUT2D eigenvalue weighted by atomic mass is 79.9. The second-order valence-electron chi connectivity index (χ2n) is 5.55. The molecule has 2 aromatic carbocycles. The summed E-state index contributed by atoms with van der Waals surface area (Å²) >= 11 is 4.60. The predicted octanol–water partition coefficient (Wildman–Crippen LogP) is 5.75. The zero-order chi connectivity index (χ0) is 19.4. The summed E-state index contributed by atoms with van der Waals surface area (Å²) in [5.41, 5.74) is 1.95. The highest BCUT2D eigenvalue weighted by Gasteiger charge is 2.23. The average molecular weight is 448 g/mol. The number of anilines is 1. The van der Waals surface area contributed by atoms with Crippen molar-refractivity contribution in [3.8, 4) is 11.1 Å². The van der Waals surface area contributed by atoms with Gasteiger partial charge in [0, 0.05) is 21.0 Å². The fourth-order valence-corrected chi connectivity index (χ4v) is 3.72. The molecule has 0 aliphatic carbocycles. The maximum atomic E-state index is 13.4. The van der Waals surface area contributed by atoms with Gasteiger partial charge in [-0.2, -0.15) is 0 Å². The van der Waals surface area contributed by atoms with Crippen LogP contribution in [0.2, 0.25) is 0 Å². The van der Waals surface area contributed by atoms with Crippen molar-refractivity contribution in [3.63, 3.8) is 0 Å². The summed E-state index contributed by atoms with van der Waals surface area (Å²) in [4.78, 5) is 25.0. The monoisotopic (exact) mass is 447 g/mol. The molecule has 0 radical (unpaired) electrons. The minimum absolute atomic E-state index is 0.170. The number of hydrogen-bond donors (Lipinski definition) is 1. The van der Waals surface area contributed by atoms with Gasteiger partial charge in [0.2, 0.25) is 0 Å². The lowest BCUT2D eigenvalue weighted by Crippen LogP contribution is -2.15. The van der Waals surface area contributed by atoms with Gasteiger partial charge in [-0.1, -0.05) is 34.1 Å². The van der Waals surface area contributed by atoms with Crippen LogP contribution in [-0.4, -0.2) is 18.5 Å². The Labute approximate surface area is 168 Å². The van der Waals surface area contributed by atoms with Crippen molar-refractivity contribution in [1.29, 1.82) is 0 Å². The van der Waals surface area contributed by atoms with Crippen LogP contribution < -0.4 is 5.32 Å².